The SMILES string of the molecule is Cc1ccc(CN2CC(=O)N3[C@H](c4ccc(C)cc4)c4[nH]c5ccccc5c4C[C@H]3C2=O)cc1. The highest BCUT2D eigenvalue weighted by molar-refractivity contribution is 5.97. The number of carbonyl (C=O) groups excluding carboxylic acids is 2. The monoisotopic (exact) mass is 449 g/mol. The van der Waals surface area contributed by atoms with Crippen LogP contribution < -0.4 is 0 Å². The molecule has 1 saturated heterocycles. The van der Waals surface area contributed by atoms with E-state index < -0.39 is 6.04 Å². The van der Waals surface area contributed by atoms with Crippen molar-refractivity contribution in [3.8, 4) is 0 Å². The van der Waals surface area contributed by atoms with Gasteiger partial charge in [0.1, 0.15) is 12.6 Å². The number of hydrogen-bond donors (Lipinski definition) is 1. The summed E-state index contributed by atoms with van der Waals surface area (Å²) in [5.74, 6) is 0.0137. The van der Waals surface area contributed by atoms with Crippen LogP contribution in [0.25, 0.3) is 10.9 Å². The number of aryl methyl sites for hydroxylation is 2. The molecule has 0 unspecified atom stereocenters. The molecule has 34 heavy (non-hydrogen) atoms. The highest BCUT2D eigenvalue weighted by Crippen LogP contribution is 2.42. The fraction of sp³-hybridized carbons (Fsp3) is 0.241. The standard InChI is InChI=1S/C29H27N3O2/c1-18-7-11-20(12-8-18)16-31-17-26(33)32-25(29(31)34)15-23-22-5-3-4-6-24(22)30-27(23)28(32)21-13-9-19(2)10-14-21/h3-14,25,28,30H,15-17H2,1-2H3/t25-,28+/m0/s1. The summed E-state index contributed by atoms with van der Waals surface area (Å²) in [6.45, 7) is 4.65. The molecular weight excluding hydrogens is 422 g/mol. The topological polar surface area (TPSA) is 56.4 Å². The van der Waals surface area contributed by atoms with Gasteiger partial charge in [-0.25, -0.2) is 0 Å². The number of benzene rings is 3. The van der Waals surface area contributed by atoms with Gasteiger partial charge in [-0.05, 0) is 36.6 Å². The molecule has 170 valence electrons. The van der Waals surface area contributed by atoms with Crippen LogP contribution in [-0.4, -0.2) is 39.2 Å². The number of piperazine rings is 1. The van der Waals surface area contributed by atoms with Crippen LogP contribution in [0.3, 0.4) is 0 Å². The van der Waals surface area contributed by atoms with Crippen molar-refractivity contribution in [1.82, 2.24) is 14.8 Å². The first-order chi connectivity index (χ1) is 16.5. The van der Waals surface area contributed by atoms with Crippen LogP contribution in [-0.2, 0) is 22.6 Å². The largest absolute Gasteiger partial charge is 0.356 e. The van der Waals surface area contributed by atoms with Crippen LogP contribution in [0.1, 0.15) is 39.6 Å². The third-order valence-corrected chi connectivity index (χ3v) is 7.23. The Morgan fingerprint density at radius 3 is 2.29 bits per heavy atom. The zero-order valence-corrected chi connectivity index (χ0v) is 19.4. The molecule has 2 aliphatic heterocycles. The number of carbonyl (C=O) groups is 2. The number of para-hydroxylation sites is 1. The minimum Gasteiger partial charge on any atom is -0.356 e. The number of aromatic nitrogens is 1. The second-order valence-corrected chi connectivity index (χ2v) is 9.58. The zero-order valence-electron chi connectivity index (χ0n) is 19.4. The van der Waals surface area contributed by atoms with Crippen LogP contribution in [0.5, 0.6) is 0 Å². The van der Waals surface area contributed by atoms with Crippen LogP contribution >= 0.6 is 0 Å². The lowest BCUT2D eigenvalue weighted by Crippen LogP contribution is -2.62. The minimum absolute atomic E-state index is 0.00778. The molecule has 2 atom stereocenters. The number of aromatic amines is 1. The quantitative estimate of drug-likeness (QED) is 0.494. The Labute approximate surface area is 199 Å². The van der Waals surface area contributed by atoms with E-state index in [9.17, 15) is 9.59 Å². The number of amides is 2. The summed E-state index contributed by atoms with van der Waals surface area (Å²) in [4.78, 5) is 34.6. The van der Waals surface area contributed by atoms with Gasteiger partial charge in [0, 0.05) is 29.6 Å². The summed E-state index contributed by atoms with van der Waals surface area (Å²) in [5.41, 5.74) is 7.61. The molecule has 0 aliphatic carbocycles. The Kier molecular flexibility index (Phi) is 4.80. The van der Waals surface area contributed by atoms with Gasteiger partial charge in [-0.15, -0.1) is 0 Å². The van der Waals surface area contributed by atoms with Gasteiger partial charge in [-0.2, -0.15) is 0 Å². The van der Waals surface area contributed by atoms with Crippen LogP contribution in [0, 0.1) is 13.8 Å². The van der Waals surface area contributed by atoms with Gasteiger partial charge in [0.05, 0.1) is 6.04 Å². The van der Waals surface area contributed by atoms with E-state index in [-0.39, 0.29) is 24.4 Å². The molecule has 3 heterocycles. The lowest BCUT2D eigenvalue weighted by molar-refractivity contribution is -0.159. The average molecular weight is 450 g/mol. The Bertz CT molecular complexity index is 1400. The molecule has 0 bridgehead atoms. The first-order valence-corrected chi connectivity index (χ1v) is 11.8. The second-order valence-electron chi connectivity index (χ2n) is 9.58. The number of rotatable bonds is 3. The van der Waals surface area contributed by atoms with E-state index in [0.717, 1.165) is 33.3 Å². The molecule has 6 rings (SSSR count). The Morgan fingerprint density at radius 2 is 1.56 bits per heavy atom. The van der Waals surface area contributed by atoms with Crippen molar-refractivity contribution in [2.45, 2.75) is 38.9 Å². The smallest absolute Gasteiger partial charge is 0.246 e. The number of hydrogen-bond acceptors (Lipinski definition) is 2. The molecule has 5 heteroatoms. The van der Waals surface area contributed by atoms with Gasteiger partial charge in [-0.1, -0.05) is 77.9 Å². The van der Waals surface area contributed by atoms with Crippen molar-refractivity contribution in [2.24, 2.45) is 0 Å². The zero-order chi connectivity index (χ0) is 23.4. The van der Waals surface area contributed by atoms with Crippen molar-refractivity contribution < 1.29 is 9.59 Å². The van der Waals surface area contributed by atoms with Crippen molar-refractivity contribution >= 4 is 22.7 Å². The van der Waals surface area contributed by atoms with E-state index in [0.29, 0.717) is 13.0 Å². The van der Waals surface area contributed by atoms with E-state index in [4.69, 9.17) is 0 Å². The van der Waals surface area contributed by atoms with E-state index in [1.807, 2.05) is 48.2 Å². The second kappa shape index (κ2) is 7.87. The van der Waals surface area contributed by atoms with Crippen LogP contribution in [0.15, 0.2) is 72.8 Å². The lowest BCUT2D eigenvalue weighted by atomic mass is 9.86. The fourth-order valence-electron chi connectivity index (χ4n) is 5.47. The van der Waals surface area contributed by atoms with Crippen molar-refractivity contribution in [2.75, 3.05) is 6.54 Å². The summed E-state index contributed by atoms with van der Waals surface area (Å²) in [7, 11) is 0. The predicted octanol–water partition coefficient (Wildman–Crippen LogP) is 4.67. The Balaban J connectivity index is 1.44. The molecule has 5 nitrogen and oxygen atoms in total. The number of H-pyrrole nitrogens is 1. The van der Waals surface area contributed by atoms with E-state index in [1.165, 1.54) is 11.1 Å². The summed E-state index contributed by atoms with van der Waals surface area (Å²) in [5, 5.41) is 1.13. The number of nitrogens with one attached hydrogen (secondary N) is 1. The maximum atomic E-state index is 13.8. The maximum Gasteiger partial charge on any atom is 0.246 e. The Hall–Kier alpha value is -3.86. The van der Waals surface area contributed by atoms with Gasteiger partial charge in [0.25, 0.3) is 0 Å². The third-order valence-electron chi connectivity index (χ3n) is 7.23. The van der Waals surface area contributed by atoms with Gasteiger partial charge in [0.2, 0.25) is 11.8 Å². The predicted molar refractivity (Wildman–Crippen MR) is 132 cm³/mol. The van der Waals surface area contributed by atoms with E-state index in [1.54, 1.807) is 4.90 Å². The number of nitrogens with zero attached hydrogens (tertiary/aromatic N) is 2. The number of fused-ring (bicyclic) bond motifs is 4. The van der Waals surface area contributed by atoms with Gasteiger partial charge in [-0.3, -0.25) is 9.59 Å². The third kappa shape index (κ3) is 3.31. The summed E-state index contributed by atoms with van der Waals surface area (Å²) in [6.07, 6.45) is 0.524. The molecule has 0 radical (unpaired) electrons. The molecule has 4 aromatic rings. The molecular formula is C29H27N3O2. The molecule has 2 aliphatic rings. The first kappa shape index (κ1) is 20.7. The van der Waals surface area contributed by atoms with E-state index in [2.05, 4.69) is 48.3 Å². The highest BCUT2D eigenvalue weighted by atomic mass is 16.2. The normalized spacial score (nSPS) is 19.9. The fourth-order valence-corrected chi connectivity index (χ4v) is 5.47. The van der Waals surface area contributed by atoms with Gasteiger partial charge >= 0.3 is 0 Å². The maximum absolute atomic E-state index is 13.8. The highest BCUT2D eigenvalue weighted by Gasteiger charge is 2.48. The molecule has 2 amide bonds. The van der Waals surface area contributed by atoms with E-state index >= 15 is 0 Å². The van der Waals surface area contributed by atoms with Crippen LogP contribution in [0.4, 0.5) is 0 Å². The molecule has 0 saturated carbocycles. The minimum atomic E-state index is -0.510. The van der Waals surface area contributed by atoms with Crippen molar-refractivity contribution in [3.05, 3.63) is 106 Å². The molecule has 1 fully saturated rings. The van der Waals surface area contributed by atoms with Crippen molar-refractivity contribution in [1.29, 1.82) is 0 Å². The van der Waals surface area contributed by atoms with Crippen LogP contribution in [0.2, 0.25) is 0 Å². The molecule has 1 aromatic heterocycles. The molecule has 3 aromatic carbocycles. The van der Waals surface area contributed by atoms with Crippen molar-refractivity contribution in [3.63, 3.8) is 0 Å². The first-order valence-electron chi connectivity index (χ1n) is 11.8. The average Bonchev–Trinajstić information content (AvgIpc) is 3.21. The lowest BCUT2D eigenvalue weighted by Gasteiger charge is -2.47. The molecule has 1 N–H and O–H groups in total. The Morgan fingerprint density at radius 1 is 0.882 bits per heavy atom. The summed E-state index contributed by atoms with van der Waals surface area (Å²) in [6, 6.07) is 23.8. The van der Waals surface area contributed by atoms with Gasteiger partial charge in [0.15, 0.2) is 0 Å². The summed E-state index contributed by atoms with van der Waals surface area (Å²) >= 11 is 0. The van der Waals surface area contributed by atoms with Gasteiger partial charge < -0.3 is 14.8 Å². The molecule has 0 spiro atoms. The summed E-state index contributed by atoms with van der Waals surface area (Å²) < 4.78 is 0.